The van der Waals surface area contributed by atoms with Crippen LogP contribution in [0.15, 0.2) is 170 Å². The smallest absolute Gasteiger partial charge is 0.268 e. The van der Waals surface area contributed by atoms with E-state index in [2.05, 4.69) is 64.2 Å². The van der Waals surface area contributed by atoms with Crippen LogP contribution in [0.1, 0.15) is 0 Å². The average molecular weight is 995 g/mol. The summed E-state index contributed by atoms with van der Waals surface area (Å²) in [4.78, 5) is 4.12. The molecule has 0 bridgehead atoms. The van der Waals surface area contributed by atoms with Gasteiger partial charge in [0.15, 0.2) is 0 Å². The molecule has 11 nitrogen and oxygen atoms in total. The van der Waals surface area contributed by atoms with Crippen molar-refractivity contribution in [2.45, 2.75) is 0 Å². The third-order valence-corrected chi connectivity index (χ3v) is 9.67. The van der Waals surface area contributed by atoms with Gasteiger partial charge in [0.2, 0.25) is 0 Å². The minimum Gasteiger partial charge on any atom is -0.574 e. The van der Waals surface area contributed by atoms with E-state index in [0.29, 0.717) is 0 Å². The fraction of sp³-hybridized carbons (Fsp3) is 0.0800. The van der Waals surface area contributed by atoms with E-state index in [4.69, 9.17) is 18.9 Å². The van der Waals surface area contributed by atoms with Gasteiger partial charge >= 0.3 is 0 Å². The van der Waals surface area contributed by atoms with Crippen molar-refractivity contribution in [3.8, 4) is 57.1 Å². The van der Waals surface area contributed by atoms with Crippen molar-refractivity contribution in [3.63, 3.8) is 0 Å². The first-order chi connectivity index (χ1) is 30.1. The Bertz CT molecular complexity index is 2600. The summed E-state index contributed by atoms with van der Waals surface area (Å²) in [6.45, 7) is 0. The van der Waals surface area contributed by atoms with Gasteiger partial charge in [-0.3, -0.25) is 14.1 Å². The molecule has 0 amide bonds. The molecular formula is C50H40IrN7O4-3. The molecule has 0 fully saturated rings. The number of rotatable bonds is 9. The molecule has 0 atom stereocenters. The number of imidazole rings is 2. The number of ether oxygens (including phenoxy) is 4. The number of nitrogens with zero attached hydrogens (tertiary/aromatic N) is 7. The van der Waals surface area contributed by atoms with E-state index < -0.39 is 0 Å². The van der Waals surface area contributed by atoms with Crippen LogP contribution in [0.25, 0.3) is 56.2 Å². The second-order valence-corrected chi connectivity index (χ2v) is 13.3. The number of hydrogen-bond donors (Lipinski definition) is 0. The monoisotopic (exact) mass is 995 g/mol. The van der Waals surface area contributed by atoms with Crippen LogP contribution < -0.4 is 33.2 Å². The minimum absolute atomic E-state index is 0. The third kappa shape index (κ3) is 9.42. The average Bonchev–Trinajstić information content (AvgIpc) is 4.12. The maximum absolute atomic E-state index is 5.25. The van der Waals surface area contributed by atoms with E-state index in [9.17, 15) is 0 Å². The first-order valence-electron chi connectivity index (χ1n) is 19.2. The largest absolute Gasteiger partial charge is 0.574 e. The summed E-state index contributed by atoms with van der Waals surface area (Å²) in [5, 5.41) is 7.58. The van der Waals surface area contributed by atoms with E-state index in [1.54, 1.807) is 40.8 Å². The second-order valence-electron chi connectivity index (χ2n) is 13.3. The Labute approximate surface area is 373 Å². The molecule has 10 aromatic rings. The fourth-order valence-corrected chi connectivity index (χ4v) is 6.54. The molecule has 0 unspecified atom stereocenters. The zero-order valence-corrected chi connectivity index (χ0v) is 36.7. The molecule has 311 valence electrons. The minimum atomic E-state index is 0. The van der Waals surface area contributed by atoms with Crippen molar-refractivity contribution in [2.24, 2.45) is 0 Å². The van der Waals surface area contributed by atoms with Crippen LogP contribution in [-0.2, 0) is 20.1 Å². The predicted octanol–water partition coefficient (Wildman–Crippen LogP) is 8.15. The Morgan fingerprint density at radius 3 is 1.32 bits per heavy atom. The first kappa shape index (κ1) is 42.6. The van der Waals surface area contributed by atoms with Crippen molar-refractivity contribution in [3.05, 3.63) is 195 Å². The number of methoxy groups -OCH3 is 4. The van der Waals surface area contributed by atoms with Gasteiger partial charge in [-0.15, -0.1) is 24.3 Å². The van der Waals surface area contributed by atoms with Crippen molar-refractivity contribution in [1.82, 2.24) is 24.3 Å². The van der Waals surface area contributed by atoms with Crippen molar-refractivity contribution < 1.29 is 48.2 Å². The molecule has 62 heavy (non-hydrogen) atoms. The zero-order valence-electron chi connectivity index (χ0n) is 34.3. The molecule has 0 saturated heterocycles. The summed E-state index contributed by atoms with van der Waals surface area (Å²) in [6, 6.07) is 57.8. The number of para-hydroxylation sites is 4. The van der Waals surface area contributed by atoms with E-state index >= 15 is 0 Å². The molecule has 0 aliphatic heterocycles. The Kier molecular flexibility index (Phi) is 13.8. The van der Waals surface area contributed by atoms with Gasteiger partial charge in [0.25, 0.3) is 12.7 Å². The van der Waals surface area contributed by atoms with Crippen LogP contribution in [0, 0.1) is 24.8 Å². The van der Waals surface area contributed by atoms with Crippen molar-refractivity contribution in [2.75, 3.05) is 28.4 Å². The van der Waals surface area contributed by atoms with Gasteiger partial charge in [0.05, 0.1) is 61.9 Å². The van der Waals surface area contributed by atoms with Gasteiger partial charge in [-0.25, -0.2) is 0 Å². The molecule has 10 rings (SSSR count). The number of aromatic nitrogens is 7. The summed E-state index contributed by atoms with van der Waals surface area (Å²) < 4.78 is 29.0. The van der Waals surface area contributed by atoms with E-state index in [0.717, 1.165) is 79.2 Å². The van der Waals surface area contributed by atoms with Gasteiger partial charge in [0, 0.05) is 49.7 Å². The molecule has 0 N–H and O–H groups in total. The molecule has 0 spiro atoms. The fourth-order valence-electron chi connectivity index (χ4n) is 6.54. The SMILES string of the molecule is COc1c[c-]c(-n2[c-][n+](-c3ccc(OC)cc3)c3ccccc32)cc1.COc1c[c-]c(-n2[c-][n+](-c3ccc(OC)cc3)c3ccccc32)cc1.[Ir].c1ccc(-c2ccn[n-]2)nc1. The van der Waals surface area contributed by atoms with Gasteiger partial charge in [-0.2, -0.15) is 24.3 Å². The second kappa shape index (κ2) is 20.2. The van der Waals surface area contributed by atoms with Crippen LogP contribution >= 0.6 is 0 Å². The van der Waals surface area contributed by atoms with Gasteiger partial charge in [-0.1, -0.05) is 66.4 Å². The topological polar surface area (TPSA) is 94.4 Å². The summed E-state index contributed by atoms with van der Waals surface area (Å²) in [7, 11) is 6.63. The molecule has 0 aliphatic carbocycles. The van der Waals surface area contributed by atoms with Crippen LogP contribution in [-0.4, -0.2) is 47.7 Å². The zero-order chi connectivity index (χ0) is 42.0. The Balaban J connectivity index is 0.000000149. The number of benzene rings is 6. The molecule has 4 heterocycles. The molecule has 0 saturated carbocycles. The van der Waals surface area contributed by atoms with Crippen LogP contribution in [0.3, 0.4) is 0 Å². The first-order valence-corrected chi connectivity index (χ1v) is 19.2. The number of hydrogen-bond acceptors (Lipinski definition) is 6. The standard InChI is InChI=1S/2C21H17N2O2.C8H6N3.Ir/c2*1-24-18-11-7-16(8-12-18)22-15-23(21-6-4-3-5-20(21)22)17-9-13-19(25-2)14-10-17;1-2-5-9-7(3-1)8-4-6-10-11-8;/h2*3-9,11-14H,1-2H3;1-6H;/q3*-1;. The summed E-state index contributed by atoms with van der Waals surface area (Å²) in [6.07, 6.45) is 10.2. The van der Waals surface area contributed by atoms with Crippen molar-refractivity contribution >= 4 is 22.1 Å². The molecule has 12 heteroatoms. The quantitative estimate of drug-likeness (QED) is 0.107. The third-order valence-electron chi connectivity index (χ3n) is 9.67. The van der Waals surface area contributed by atoms with Gasteiger partial charge in [-0.05, 0) is 72.0 Å². The Hall–Kier alpha value is -7.53. The van der Waals surface area contributed by atoms with E-state index in [1.165, 1.54) is 0 Å². The molecule has 0 aliphatic rings. The van der Waals surface area contributed by atoms with E-state index in [-0.39, 0.29) is 20.1 Å². The van der Waals surface area contributed by atoms with Crippen LogP contribution in [0.4, 0.5) is 0 Å². The summed E-state index contributed by atoms with van der Waals surface area (Å²) in [5.41, 5.74) is 9.78. The molecule has 6 aromatic carbocycles. The van der Waals surface area contributed by atoms with Gasteiger partial charge in [0.1, 0.15) is 11.5 Å². The maximum atomic E-state index is 5.25. The molecule has 1 radical (unpaired) electrons. The van der Waals surface area contributed by atoms with Crippen molar-refractivity contribution in [1.29, 1.82) is 0 Å². The molecular weight excluding hydrogens is 955 g/mol. The van der Waals surface area contributed by atoms with Gasteiger partial charge < -0.3 is 38.3 Å². The molecule has 4 aromatic heterocycles. The number of fused-ring (bicyclic) bond motifs is 2. The van der Waals surface area contributed by atoms with E-state index in [1.807, 2.05) is 152 Å². The number of pyridine rings is 1. The summed E-state index contributed by atoms with van der Waals surface area (Å²) in [5.74, 6) is 3.22. The maximum Gasteiger partial charge on any atom is 0.268 e. The Morgan fingerprint density at radius 2 is 0.935 bits per heavy atom. The van der Waals surface area contributed by atoms with Crippen LogP contribution in [0.5, 0.6) is 23.0 Å². The normalized spacial score (nSPS) is 10.5. The summed E-state index contributed by atoms with van der Waals surface area (Å²) >= 11 is 0. The van der Waals surface area contributed by atoms with Crippen LogP contribution in [0.2, 0.25) is 0 Å². The predicted molar refractivity (Wildman–Crippen MR) is 232 cm³/mol. The Morgan fingerprint density at radius 1 is 0.484 bits per heavy atom.